The first-order valence-corrected chi connectivity index (χ1v) is 10.8. The second kappa shape index (κ2) is 8.60. The van der Waals surface area contributed by atoms with Crippen LogP contribution in [0.1, 0.15) is 67.3 Å². The Kier molecular flexibility index (Phi) is 5.96. The summed E-state index contributed by atoms with van der Waals surface area (Å²) < 4.78 is 6.16. The van der Waals surface area contributed by atoms with Crippen LogP contribution in [0.15, 0.2) is 36.4 Å². The van der Waals surface area contributed by atoms with E-state index < -0.39 is 5.97 Å². The molecule has 4 nitrogen and oxygen atoms in total. The van der Waals surface area contributed by atoms with Crippen molar-refractivity contribution in [2.75, 3.05) is 0 Å². The molecule has 3 aliphatic rings. The van der Waals surface area contributed by atoms with Gasteiger partial charge in [-0.25, -0.2) is 4.79 Å². The van der Waals surface area contributed by atoms with Gasteiger partial charge < -0.3 is 9.84 Å². The Balaban J connectivity index is 1.34. The lowest BCUT2D eigenvalue weighted by atomic mass is 9.76. The van der Waals surface area contributed by atoms with Gasteiger partial charge in [0.1, 0.15) is 0 Å². The predicted octanol–water partition coefficient (Wildman–Crippen LogP) is 4.82. The molecular weight excluding hydrogens is 352 g/mol. The predicted molar refractivity (Wildman–Crippen MR) is 107 cm³/mol. The SMILES string of the molecule is O=C(/C=C/[C@H]1[C@H](CCc2ccc(C(=O)O)cc2)[C@H]2CC[C@@H]1O2)CC1CCCC1. The number of aromatic carboxylic acids is 1. The molecule has 0 aromatic heterocycles. The molecule has 1 aromatic carbocycles. The minimum atomic E-state index is -0.888. The number of hydrogen-bond donors (Lipinski definition) is 1. The normalized spacial score (nSPS) is 29.7. The lowest BCUT2D eigenvalue weighted by Crippen LogP contribution is -2.26. The average Bonchev–Trinajstić information content (AvgIpc) is 3.43. The topological polar surface area (TPSA) is 63.6 Å². The molecule has 2 aliphatic heterocycles. The molecule has 1 N–H and O–H groups in total. The summed E-state index contributed by atoms with van der Waals surface area (Å²) in [6.07, 6.45) is 14.4. The Morgan fingerprint density at radius 2 is 1.75 bits per heavy atom. The average molecular weight is 383 g/mol. The molecule has 2 bridgehead atoms. The van der Waals surface area contributed by atoms with Crippen LogP contribution in [0.5, 0.6) is 0 Å². The molecule has 2 saturated heterocycles. The highest BCUT2D eigenvalue weighted by molar-refractivity contribution is 5.89. The number of carbonyl (C=O) groups excluding carboxylic acids is 1. The van der Waals surface area contributed by atoms with E-state index in [1.165, 1.54) is 25.7 Å². The molecule has 4 heteroatoms. The molecule has 0 unspecified atom stereocenters. The third kappa shape index (κ3) is 4.38. The van der Waals surface area contributed by atoms with E-state index in [1.54, 1.807) is 12.1 Å². The van der Waals surface area contributed by atoms with Gasteiger partial charge in [0, 0.05) is 12.3 Å². The fraction of sp³-hybridized carbons (Fsp3) is 0.583. The van der Waals surface area contributed by atoms with E-state index in [0.29, 0.717) is 35.8 Å². The van der Waals surface area contributed by atoms with Gasteiger partial charge in [0.25, 0.3) is 0 Å². The van der Waals surface area contributed by atoms with Crippen molar-refractivity contribution in [3.05, 3.63) is 47.5 Å². The van der Waals surface area contributed by atoms with Crippen LogP contribution in [0.4, 0.5) is 0 Å². The summed E-state index contributed by atoms with van der Waals surface area (Å²) in [5.74, 6) is 0.772. The van der Waals surface area contributed by atoms with Crippen LogP contribution in [0.2, 0.25) is 0 Å². The lowest BCUT2D eigenvalue weighted by molar-refractivity contribution is -0.115. The largest absolute Gasteiger partial charge is 0.478 e. The third-order valence-electron chi connectivity index (χ3n) is 6.92. The first kappa shape index (κ1) is 19.4. The molecule has 2 heterocycles. The van der Waals surface area contributed by atoms with Crippen LogP contribution in [0.25, 0.3) is 0 Å². The van der Waals surface area contributed by atoms with E-state index in [0.717, 1.165) is 31.2 Å². The Labute approximate surface area is 167 Å². The number of carboxylic acids is 1. The fourth-order valence-corrected chi connectivity index (χ4v) is 5.39. The number of carboxylic acid groups (broad SMARTS) is 1. The molecule has 0 amide bonds. The summed E-state index contributed by atoms with van der Waals surface area (Å²) in [6, 6.07) is 7.17. The van der Waals surface area contributed by atoms with E-state index in [4.69, 9.17) is 9.84 Å². The molecule has 4 atom stereocenters. The first-order chi connectivity index (χ1) is 13.6. The maximum atomic E-state index is 12.4. The molecule has 1 aromatic rings. The Hall–Kier alpha value is -1.94. The van der Waals surface area contributed by atoms with Crippen LogP contribution < -0.4 is 0 Å². The van der Waals surface area contributed by atoms with Gasteiger partial charge in [0.15, 0.2) is 5.78 Å². The Morgan fingerprint density at radius 3 is 2.46 bits per heavy atom. The molecule has 1 saturated carbocycles. The van der Waals surface area contributed by atoms with Gasteiger partial charge in [0.05, 0.1) is 17.8 Å². The van der Waals surface area contributed by atoms with Crippen molar-refractivity contribution < 1.29 is 19.4 Å². The Morgan fingerprint density at radius 1 is 1.04 bits per heavy atom. The molecule has 150 valence electrons. The van der Waals surface area contributed by atoms with Gasteiger partial charge in [-0.2, -0.15) is 0 Å². The lowest BCUT2D eigenvalue weighted by Gasteiger charge is -2.25. The van der Waals surface area contributed by atoms with E-state index >= 15 is 0 Å². The number of ether oxygens (including phenoxy) is 1. The highest BCUT2D eigenvalue weighted by atomic mass is 16.5. The highest BCUT2D eigenvalue weighted by Crippen LogP contribution is 2.46. The summed E-state index contributed by atoms with van der Waals surface area (Å²) >= 11 is 0. The van der Waals surface area contributed by atoms with E-state index in [1.807, 2.05) is 18.2 Å². The van der Waals surface area contributed by atoms with E-state index in [9.17, 15) is 9.59 Å². The van der Waals surface area contributed by atoms with Crippen molar-refractivity contribution in [3.63, 3.8) is 0 Å². The minimum Gasteiger partial charge on any atom is -0.478 e. The molecule has 0 radical (unpaired) electrons. The number of fused-ring (bicyclic) bond motifs is 2. The van der Waals surface area contributed by atoms with Crippen molar-refractivity contribution in [3.8, 4) is 0 Å². The summed E-state index contributed by atoms with van der Waals surface area (Å²) in [5.41, 5.74) is 1.49. The van der Waals surface area contributed by atoms with Crippen molar-refractivity contribution in [1.82, 2.24) is 0 Å². The maximum Gasteiger partial charge on any atom is 0.335 e. The fourth-order valence-electron chi connectivity index (χ4n) is 5.39. The van der Waals surface area contributed by atoms with E-state index in [-0.39, 0.29) is 11.9 Å². The molecular formula is C24H30O4. The number of aryl methyl sites for hydroxylation is 1. The van der Waals surface area contributed by atoms with Crippen LogP contribution >= 0.6 is 0 Å². The number of hydrogen-bond acceptors (Lipinski definition) is 3. The summed E-state index contributed by atoms with van der Waals surface area (Å²) in [7, 11) is 0. The third-order valence-corrected chi connectivity index (χ3v) is 6.92. The smallest absolute Gasteiger partial charge is 0.335 e. The zero-order valence-electron chi connectivity index (χ0n) is 16.4. The summed E-state index contributed by atoms with van der Waals surface area (Å²) in [5, 5.41) is 9.03. The second-order valence-electron chi connectivity index (χ2n) is 8.75. The quantitative estimate of drug-likeness (QED) is 0.655. The van der Waals surface area contributed by atoms with Crippen molar-refractivity contribution in [2.24, 2.45) is 17.8 Å². The van der Waals surface area contributed by atoms with Crippen LogP contribution in [-0.2, 0) is 16.0 Å². The number of allylic oxidation sites excluding steroid dienone is 1. The zero-order chi connectivity index (χ0) is 19.5. The zero-order valence-corrected chi connectivity index (χ0v) is 16.4. The Bertz CT molecular complexity index is 729. The van der Waals surface area contributed by atoms with Crippen molar-refractivity contribution in [1.29, 1.82) is 0 Å². The number of rotatable bonds is 8. The molecule has 4 rings (SSSR count). The molecule has 0 spiro atoms. The molecule has 1 aliphatic carbocycles. The van der Waals surface area contributed by atoms with Gasteiger partial charge in [0.2, 0.25) is 0 Å². The van der Waals surface area contributed by atoms with Crippen molar-refractivity contribution in [2.45, 2.75) is 70.0 Å². The number of ketones is 1. The minimum absolute atomic E-state index is 0.264. The van der Waals surface area contributed by atoms with Crippen LogP contribution in [-0.4, -0.2) is 29.1 Å². The van der Waals surface area contributed by atoms with Gasteiger partial charge >= 0.3 is 5.97 Å². The summed E-state index contributed by atoms with van der Waals surface area (Å²) in [4.78, 5) is 23.4. The molecule has 28 heavy (non-hydrogen) atoms. The standard InChI is InChI=1S/C24H30O4/c25-19(15-17-3-1-2-4-17)10-12-21-20(22-13-14-23(21)28-22)11-7-16-5-8-18(9-6-16)24(26)27/h5-6,8-10,12,17,20-23H,1-4,7,11,13-15H2,(H,26,27)/b12-10+/t20-,21-,22+,23-/m0/s1. The van der Waals surface area contributed by atoms with E-state index in [2.05, 4.69) is 6.08 Å². The van der Waals surface area contributed by atoms with Crippen LogP contribution in [0, 0.1) is 17.8 Å². The van der Waals surface area contributed by atoms with Gasteiger partial charge in [-0.15, -0.1) is 0 Å². The second-order valence-corrected chi connectivity index (χ2v) is 8.75. The van der Waals surface area contributed by atoms with Crippen LogP contribution in [0.3, 0.4) is 0 Å². The van der Waals surface area contributed by atoms with Gasteiger partial charge in [-0.1, -0.05) is 43.9 Å². The van der Waals surface area contributed by atoms with Gasteiger partial charge in [-0.05, 0) is 61.3 Å². The van der Waals surface area contributed by atoms with Gasteiger partial charge in [-0.3, -0.25) is 4.79 Å². The highest BCUT2D eigenvalue weighted by Gasteiger charge is 2.47. The molecule has 3 fully saturated rings. The van der Waals surface area contributed by atoms with Crippen molar-refractivity contribution >= 4 is 11.8 Å². The number of benzene rings is 1. The summed E-state index contributed by atoms with van der Waals surface area (Å²) in [6.45, 7) is 0. The maximum absolute atomic E-state index is 12.4. The monoisotopic (exact) mass is 382 g/mol. The number of carbonyl (C=O) groups is 2. The first-order valence-electron chi connectivity index (χ1n) is 10.8.